The van der Waals surface area contributed by atoms with Crippen molar-refractivity contribution >= 4 is 11.6 Å². The van der Waals surface area contributed by atoms with Crippen LogP contribution in [0.2, 0.25) is 0 Å². The van der Waals surface area contributed by atoms with Gasteiger partial charge in [0.15, 0.2) is 0 Å². The Morgan fingerprint density at radius 1 is 1.14 bits per heavy atom. The molecule has 5 heteroatoms. The minimum Gasteiger partial charge on any atom is -0.326 e. The predicted octanol–water partition coefficient (Wildman–Crippen LogP) is 2.23. The largest absolute Gasteiger partial charge is 0.326 e. The van der Waals surface area contributed by atoms with Crippen molar-refractivity contribution < 1.29 is 9.18 Å². The summed E-state index contributed by atoms with van der Waals surface area (Å²) < 4.78 is 13.2. The van der Waals surface area contributed by atoms with Gasteiger partial charge in [-0.05, 0) is 23.8 Å². The van der Waals surface area contributed by atoms with Gasteiger partial charge in [-0.1, -0.05) is 36.4 Å². The maximum atomic E-state index is 13.2. The summed E-state index contributed by atoms with van der Waals surface area (Å²) in [6.45, 7) is 0.528. The van der Waals surface area contributed by atoms with E-state index in [1.807, 2.05) is 30.3 Å². The lowest BCUT2D eigenvalue weighted by atomic mass is 9.94. The van der Waals surface area contributed by atoms with Crippen LogP contribution in [0.1, 0.15) is 11.6 Å². The Bertz CT molecular complexity index is 632. The number of benzene rings is 2. The van der Waals surface area contributed by atoms with Gasteiger partial charge in [-0.15, -0.1) is 0 Å². The fraction of sp³-hybridized carbons (Fsp3) is 0.188. The summed E-state index contributed by atoms with van der Waals surface area (Å²) in [7, 11) is 0. The molecule has 4 nitrogen and oxygen atoms in total. The zero-order chi connectivity index (χ0) is 14.7. The molecule has 21 heavy (non-hydrogen) atoms. The van der Waals surface area contributed by atoms with Gasteiger partial charge < -0.3 is 5.32 Å². The van der Waals surface area contributed by atoms with Crippen molar-refractivity contribution in [2.45, 2.75) is 6.04 Å². The van der Waals surface area contributed by atoms with E-state index in [0.717, 1.165) is 5.56 Å². The van der Waals surface area contributed by atoms with Crippen LogP contribution < -0.4 is 16.2 Å². The molecule has 0 aromatic heterocycles. The van der Waals surface area contributed by atoms with Crippen molar-refractivity contribution in [1.29, 1.82) is 0 Å². The summed E-state index contributed by atoms with van der Waals surface area (Å²) in [5, 5.41) is 2.77. The average molecular weight is 285 g/mol. The van der Waals surface area contributed by atoms with Crippen LogP contribution in [0.4, 0.5) is 10.1 Å². The summed E-state index contributed by atoms with van der Waals surface area (Å²) in [5.41, 5.74) is 7.64. The first kappa shape index (κ1) is 13.7. The maximum Gasteiger partial charge on any atom is 0.230 e. The van der Waals surface area contributed by atoms with Crippen molar-refractivity contribution in [2.24, 2.45) is 5.92 Å². The first-order valence-electron chi connectivity index (χ1n) is 6.84. The van der Waals surface area contributed by atoms with Crippen LogP contribution in [0.5, 0.6) is 0 Å². The smallest absolute Gasteiger partial charge is 0.230 e. The Labute approximate surface area is 122 Å². The topological polar surface area (TPSA) is 53.2 Å². The van der Waals surface area contributed by atoms with Gasteiger partial charge in [0.05, 0.1) is 12.0 Å². The standard InChI is InChI=1S/C16H16FN3O/c17-12-7-4-8-13(9-12)19-16(21)14-10-18-20-15(14)11-5-2-1-3-6-11/h1-9,14-15,18,20H,10H2,(H,19,21). The minimum absolute atomic E-state index is 0.0974. The van der Waals surface area contributed by atoms with Gasteiger partial charge in [0.1, 0.15) is 5.82 Å². The number of nitrogens with one attached hydrogen (secondary N) is 3. The highest BCUT2D eigenvalue weighted by Crippen LogP contribution is 2.26. The molecule has 0 spiro atoms. The molecule has 1 fully saturated rings. The number of hydrogen-bond acceptors (Lipinski definition) is 3. The monoisotopic (exact) mass is 285 g/mol. The molecule has 2 atom stereocenters. The normalized spacial score (nSPS) is 21.2. The third-order valence-corrected chi connectivity index (χ3v) is 3.57. The van der Waals surface area contributed by atoms with Crippen molar-refractivity contribution in [3.63, 3.8) is 0 Å². The number of anilines is 1. The lowest BCUT2D eigenvalue weighted by molar-refractivity contribution is -0.119. The van der Waals surface area contributed by atoms with E-state index in [-0.39, 0.29) is 23.7 Å². The molecule has 1 amide bonds. The number of rotatable bonds is 3. The Morgan fingerprint density at radius 3 is 2.71 bits per heavy atom. The summed E-state index contributed by atoms with van der Waals surface area (Å²) >= 11 is 0. The molecule has 1 aliphatic heterocycles. The van der Waals surface area contributed by atoms with Gasteiger partial charge in [-0.2, -0.15) is 0 Å². The van der Waals surface area contributed by atoms with Crippen LogP contribution in [0, 0.1) is 11.7 Å². The number of hydrazine groups is 1. The zero-order valence-corrected chi connectivity index (χ0v) is 11.3. The molecule has 0 radical (unpaired) electrons. The number of carbonyl (C=O) groups excluding carboxylic acids is 1. The Hall–Kier alpha value is -2.24. The van der Waals surface area contributed by atoms with Gasteiger partial charge in [0.25, 0.3) is 0 Å². The average Bonchev–Trinajstić information content (AvgIpc) is 2.98. The first-order valence-corrected chi connectivity index (χ1v) is 6.84. The molecule has 2 aromatic rings. The number of amides is 1. The molecule has 1 saturated heterocycles. The second kappa shape index (κ2) is 6.03. The van der Waals surface area contributed by atoms with E-state index in [1.54, 1.807) is 12.1 Å². The van der Waals surface area contributed by atoms with Crippen LogP contribution in [0.25, 0.3) is 0 Å². The first-order chi connectivity index (χ1) is 10.2. The quantitative estimate of drug-likeness (QED) is 0.810. The van der Waals surface area contributed by atoms with E-state index in [2.05, 4.69) is 16.2 Å². The van der Waals surface area contributed by atoms with Crippen LogP contribution in [0.15, 0.2) is 54.6 Å². The van der Waals surface area contributed by atoms with E-state index >= 15 is 0 Å². The summed E-state index contributed by atoms with van der Waals surface area (Å²) in [6.07, 6.45) is 0. The van der Waals surface area contributed by atoms with E-state index < -0.39 is 0 Å². The van der Waals surface area contributed by atoms with E-state index in [4.69, 9.17) is 0 Å². The Kier molecular flexibility index (Phi) is 3.94. The van der Waals surface area contributed by atoms with Crippen LogP contribution in [-0.2, 0) is 4.79 Å². The zero-order valence-electron chi connectivity index (χ0n) is 11.3. The van der Waals surface area contributed by atoms with E-state index in [9.17, 15) is 9.18 Å². The van der Waals surface area contributed by atoms with Gasteiger partial charge >= 0.3 is 0 Å². The molecule has 0 aliphatic carbocycles. The molecule has 0 saturated carbocycles. The molecule has 1 heterocycles. The fourth-order valence-corrected chi connectivity index (χ4v) is 2.52. The Morgan fingerprint density at radius 2 is 1.95 bits per heavy atom. The highest BCUT2D eigenvalue weighted by molar-refractivity contribution is 5.93. The van der Waals surface area contributed by atoms with Crippen molar-refractivity contribution in [2.75, 3.05) is 11.9 Å². The fourth-order valence-electron chi connectivity index (χ4n) is 2.52. The third-order valence-electron chi connectivity index (χ3n) is 3.57. The third kappa shape index (κ3) is 3.09. The predicted molar refractivity (Wildman–Crippen MR) is 78.8 cm³/mol. The lowest BCUT2D eigenvalue weighted by Gasteiger charge is -2.18. The number of hydrogen-bond donors (Lipinski definition) is 3. The maximum absolute atomic E-state index is 13.2. The summed E-state index contributed by atoms with van der Waals surface area (Å²) in [6, 6.07) is 15.6. The van der Waals surface area contributed by atoms with E-state index in [1.165, 1.54) is 12.1 Å². The highest BCUT2D eigenvalue weighted by Gasteiger charge is 2.33. The lowest BCUT2D eigenvalue weighted by Crippen LogP contribution is -2.29. The van der Waals surface area contributed by atoms with Crippen molar-refractivity contribution in [3.05, 3.63) is 66.0 Å². The SMILES string of the molecule is O=C(Nc1cccc(F)c1)C1CNNC1c1ccccc1. The van der Waals surface area contributed by atoms with Crippen molar-refractivity contribution in [1.82, 2.24) is 10.9 Å². The number of halogens is 1. The molecule has 1 aliphatic rings. The van der Waals surface area contributed by atoms with Gasteiger partial charge in [0, 0.05) is 12.2 Å². The molecule has 3 N–H and O–H groups in total. The molecule has 3 rings (SSSR count). The minimum atomic E-state index is -0.366. The van der Waals surface area contributed by atoms with Gasteiger partial charge in [-0.3, -0.25) is 10.2 Å². The number of carbonyl (C=O) groups is 1. The van der Waals surface area contributed by atoms with Crippen LogP contribution >= 0.6 is 0 Å². The molecule has 108 valence electrons. The molecule has 0 bridgehead atoms. The van der Waals surface area contributed by atoms with Crippen molar-refractivity contribution in [3.8, 4) is 0 Å². The second-order valence-corrected chi connectivity index (χ2v) is 5.02. The summed E-state index contributed by atoms with van der Waals surface area (Å²) in [5.74, 6) is -0.752. The second-order valence-electron chi connectivity index (χ2n) is 5.02. The molecular formula is C16H16FN3O. The van der Waals surface area contributed by atoms with Gasteiger partial charge in [0.2, 0.25) is 5.91 Å². The molecule has 2 unspecified atom stereocenters. The summed E-state index contributed by atoms with van der Waals surface area (Å²) in [4.78, 5) is 12.4. The van der Waals surface area contributed by atoms with Gasteiger partial charge in [-0.25, -0.2) is 9.82 Å². The Balaban J connectivity index is 1.74. The highest BCUT2D eigenvalue weighted by atomic mass is 19.1. The molecular weight excluding hydrogens is 269 g/mol. The van der Waals surface area contributed by atoms with Crippen LogP contribution in [0.3, 0.4) is 0 Å². The van der Waals surface area contributed by atoms with E-state index in [0.29, 0.717) is 12.2 Å². The molecule has 2 aromatic carbocycles. The van der Waals surface area contributed by atoms with Crippen LogP contribution in [-0.4, -0.2) is 12.5 Å².